The Morgan fingerprint density at radius 2 is 2.16 bits per heavy atom. The van der Waals surface area contributed by atoms with E-state index >= 15 is 0 Å². The van der Waals surface area contributed by atoms with E-state index in [1.807, 2.05) is 28.9 Å². The standard InChI is InChI=1S/C15H16N4/c1-11-14-10-17-9-7-15(14)19(18-11)13-4-2-12(3-5-13)6-8-16/h2-5,17H,6-7,9-10H2,1H3. The minimum Gasteiger partial charge on any atom is -0.312 e. The van der Waals surface area contributed by atoms with Gasteiger partial charge in [0.25, 0.3) is 0 Å². The summed E-state index contributed by atoms with van der Waals surface area (Å²) < 4.78 is 2.04. The van der Waals surface area contributed by atoms with E-state index in [0.29, 0.717) is 6.42 Å². The lowest BCUT2D eigenvalue weighted by atomic mass is 10.1. The molecule has 0 fully saturated rings. The molecule has 19 heavy (non-hydrogen) atoms. The lowest BCUT2D eigenvalue weighted by Gasteiger charge is -2.15. The molecular weight excluding hydrogens is 236 g/mol. The van der Waals surface area contributed by atoms with Gasteiger partial charge in [-0.1, -0.05) is 12.1 Å². The number of nitrogens with zero attached hydrogens (tertiary/aromatic N) is 3. The molecule has 4 heteroatoms. The molecule has 1 aromatic carbocycles. The molecule has 0 unspecified atom stereocenters. The van der Waals surface area contributed by atoms with E-state index in [1.54, 1.807) is 0 Å². The molecule has 1 aliphatic rings. The van der Waals surface area contributed by atoms with E-state index in [0.717, 1.165) is 36.5 Å². The Labute approximate surface area is 112 Å². The molecule has 2 heterocycles. The number of aryl methyl sites for hydroxylation is 1. The third-order valence-corrected chi connectivity index (χ3v) is 3.60. The first-order chi connectivity index (χ1) is 9.29. The average molecular weight is 252 g/mol. The molecular formula is C15H16N4. The van der Waals surface area contributed by atoms with E-state index in [1.165, 1.54) is 11.3 Å². The van der Waals surface area contributed by atoms with Crippen LogP contribution in [0.2, 0.25) is 0 Å². The van der Waals surface area contributed by atoms with Crippen molar-refractivity contribution in [3.05, 3.63) is 46.8 Å². The molecule has 0 spiro atoms. The van der Waals surface area contributed by atoms with E-state index in [4.69, 9.17) is 5.26 Å². The van der Waals surface area contributed by atoms with E-state index in [-0.39, 0.29) is 0 Å². The quantitative estimate of drug-likeness (QED) is 0.888. The number of nitriles is 1. The molecule has 1 N–H and O–H groups in total. The van der Waals surface area contributed by atoms with Gasteiger partial charge >= 0.3 is 0 Å². The zero-order valence-electron chi connectivity index (χ0n) is 11.0. The minimum atomic E-state index is 0.459. The van der Waals surface area contributed by atoms with Crippen molar-refractivity contribution in [1.82, 2.24) is 15.1 Å². The van der Waals surface area contributed by atoms with Crippen LogP contribution in [0.1, 0.15) is 22.5 Å². The van der Waals surface area contributed by atoms with Gasteiger partial charge in [0.1, 0.15) is 0 Å². The van der Waals surface area contributed by atoms with E-state index in [2.05, 4.69) is 23.4 Å². The van der Waals surface area contributed by atoms with Crippen LogP contribution in [-0.2, 0) is 19.4 Å². The molecule has 4 nitrogen and oxygen atoms in total. The Morgan fingerprint density at radius 1 is 1.37 bits per heavy atom. The molecule has 0 aliphatic carbocycles. The predicted molar refractivity (Wildman–Crippen MR) is 73.0 cm³/mol. The van der Waals surface area contributed by atoms with Crippen molar-refractivity contribution in [2.45, 2.75) is 26.3 Å². The fourth-order valence-electron chi connectivity index (χ4n) is 2.57. The maximum Gasteiger partial charge on any atom is 0.0669 e. The van der Waals surface area contributed by atoms with Crippen LogP contribution in [0.3, 0.4) is 0 Å². The minimum absolute atomic E-state index is 0.459. The van der Waals surface area contributed by atoms with Crippen molar-refractivity contribution in [2.75, 3.05) is 6.54 Å². The fourth-order valence-corrected chi connectivity index (χ4v) is 2.57. The second kappa shape index (κ2) is 4.87. The molecule has 0 saturated carbocycles. The van der Waals surface area contributed by atoms with E-state index < -0.39 is 0 Å². The smallest absolute Gasteiger partial charge is 0.0669 e. The first kappa shape index (κ1) is 11.9. The highest BCUT2D eigenvalue weighted by molar-refractivity contribution is 5.40. The summed E-state index contributed by atoms with van der Waals surface area (Å²) in [4.78, 5) is 0. The zero-order valence-corrected chi connectivity index (χ0v) is 11.0. The summed E-state index contributed by atoms with van der Waals surface area (Å²) in [6, 6.07) is 10.3. The molecule has 0 saturated heterocycles. The second-order valence-corrected chi connectivity index (χ2v) is 4.85. The zero-order chi connectivity index (χ0) is 13.2. The van der Waals surface area contributed by atoms with Crippen LogP contribution < -0.4 is 5.32 Å². The van der Waals surface area contributed by atoms with Crippen LogP contribution in [0.15, 0.2) is 24.3 Å². The Hall–Kier alpha value is -2.12. The molecule has 96 valence electrons. The summed E-state index contributed by atoms with van der Waals surface area (Å²) in [7, 11) is 0. The van der Waals surface area contributed by atoms with Crippen molar-refractivity contribution >= 4 is 0 Å². The number of hydrogen-bond acceptors (Lipinski definition) is 3. The molecule has 1 aromatic heterocycles. The summed E-state index contributed by atoms with van der Waals surface area (Å²) in [5.74, 6) is 0. The lowest BCUT2D eigenvalue weighted by Crippen LogP contribution is -2.24. The number of fused-ring (bicyclic) bond motifs is 1. The van der Waals surface area contributed by atoms with Crippen LogP contribution in [0.5, 0.6) is 0 Å². The topological polar surface area (TPSA) is 53.6 Å². The average Bonchev–Trinajstić information content (AvgIpc) is 2.78. The van der Waals surface area contributed by atoms with Gasteiger partial charge in [0.05, 0.1) is 29.6 Å². The van der Waals surface area contributed by atoms with Crippen molar-refractivity contribution in [3.8, 4) is 11.8 Å². The maximum absolute atomic E-state index is 8.69. The van der Waals surface area contributed by atoms with Gasteiger partial charge in [0.2, 0.25) is 0 Å². The lowest BCUT2D eigenvalue weighted by molar-refractivity contribution is 0.622. The number of aromatic nitrogens is 2. The normalized spacial score (nSPS) is 13.9. The van der Waals surface area contributed by atoms with Crippen molar-refractivity contribution in [1.29, 1.82) is 5.26 Å². The Balaban J connectivity index is 2.00. The fraction of sp³-hybridized carbons (Fsp3) is 0.333. The van der Waals surface area contributed by atoms with Crippen LogP contribution in [0, 0.1) is 18.3 Å². The van der Waals surface area contributed by atoms with Gasteiger partial charge < -0.3 is 5.32 Å². The summed E-state index contributed by atoms with van der Waals surface area (Å²) in [6.45, 7) is 3.98. The number of benzene rings is 1. The number of hydrogen-bond donors (Lipinski definition) is 1. The SMILES string of the molecule is Cc1nn(-c2ccc(CC#N)cc2)c2c1CNCC2. The molecule has 0 amide bonds. The summed E-state index contributed by atoms with van der Waals surface area (Å²) in [6.07, 6.45) is 1.47. The second-order valence-electron chi connectivity index (χ2n) is 4.85. The van der Waals surface area contributed by atoms with Crippen LogP contribution >= 0.6 is 0 Å². The molecule has 1 aliphatic heterocycles. The van der Waals surface area contributed by atoms with Crippen molar-refractivity contribution in [3.63, 3.8) is 0 Å². The number of rotatable bonds is 2. The number of nitrogens with one attached hydrogen (secondary N) is 1. The van der Waals surface area contributed by atoms with Crippen molar-refractivity contribution < 1.29 is 0 Å². The monoisotopic (exact) mass is 252 g/mol. The Kier molecular flexibility index (Phi) is 3.06. The van der Waals surface area contributed by atoms with Gasteiger partial charge in [-0.2, -0.15) is 10.4 Å². The molecule has 0 radical (unpaired) electrons. The third-order valence-electron chi connectivity index (χ3n) is 3.60. The molecule has 3 rings (SSSR count). The molecule has 0 atom stereocenters. The van der Waals surface area contributed by atoms with Crippen LogP contribution in [-0.4, -0.2) is 16.3 Å². The van der Waals surface area contributed by atoms with Gasteiger partial charge in [-0.3, -0.25) is 0 Å². The summed E-state index contributed by atoms with van der Waals surface area (Å²) in [5, 5.41) is 16.7. The van der Waals surface area contributed by atoms with E-state index in [9.17, 15) is 0 Å². The predicted octanol–water partition coefficient (Wildman–Crippen LogP) is 1.89. The largest absolute Gasteiger partial charge is 0.312 e. The highest BCUT2D eigenvalue weighted by atomic mass is 15.3. The molecule has 0 bridgehead atoms. The van der Waals surface area contributed by atoms with Gasteiger partial charge in [-0.25, -0.2) is 4.68 Å². The Morgan fingerprint density at radius 3 is 2.89 bits per heavy atom. The van der Waals surface area contributed by atoms with Gasteiger partial charge in [0, 0.05) is 25.1 Å². The highest BCUT2D eigenvalue weighted by Crippen LogP contribution is 2.21. The van der Waals surface area contributed by atoms with Gasteiger partial charge in [-0.15, -0.1) is 0 Å². The maximum atomic E-state index is 8.69. The van der Waals surface area contributed by atoms with Crippen molar-refractivity contribution in [2.24, 2.45) is 0 Å². The Bertz CT molecular complexity index is 631. The van der Waals surface area contributed by atoms with Gasteiger partial charge in [-0.05, 0) is 24.6 Å². The highest BCUT2D eigenvalue weighted by Gasteiger charge is 2.18. The summed E-state index contributed by atoms with van der Waals surface area (Å²) >= 11 is 0. The van der Waals surface area contributed by atoms with Gasteiger partial charge in [0.15, 0.2) is 0 Å². The third kappa shape index (κ3) is 2.13. The first-order valence-corrected chi connectivity index (χ1v) is 6.54. The van der Waals surface area contributed by atoms with Crippen LogP contribution in [0.4, 0.5) is 0 Å². The first-order valence-electron chi connectivity index (χ1n) is 6.54. The molecule has 2 aromatic rings. The van der Waals surface area contributed by atoms with Crippen LogP contribution in [0.25, 0.3) is 5.69 Å². The summed E-state index contributed by atoms with van der Waals surface area (Å²) in [5.41, 5.74) is 5.86.